The van der Waals surface area contributed by atoms with Gasteiger partial charge in [0.25, 0.3) is 5.91 Å². The molecule has 150 valence electrons. The maximum Gasteiger partial charge on any atom is 0.254 e. The van der Waals surface area contributed by atoms with E-state index in [0.717, 1.165) is 22.2 Å². The van der Waals surface area contributed by atoms with E-state index < -0.39 is 17.9 Å². The predicted molar refractivity (Wildman–Crippen MR) is 115 cm³/mol. The molecule has 0 aliphatic rings. The summed E-state index contributed by atoms with van der Waals surface area (Å²) in [6.07, 6.45) is 3.68. The number of hydrogen-bond acceptors (Lipinski definition) is 4. The molecule has 30 heavy (non-hydrogen) atoms. The molecule has 2 heterocycles. The minimum absolute atomic E-state index is 0.320. The van der Waals surface area contributed by atoms with E-state index in [4.69, 9.17) is 5.73 Å². The number of fused-ring (bicyclic) bond motifs is 1. The lowest BCUT2D eigenvalue weighted by Gasteiger charge is -2.16. The van der Waals surface area contributed by atoms with Gasteiger partial charge >= 0.3 is 0 Å². The van der Waals surface area contributed by atoms with Crippen molar-refractivity contribution in [3.8, 4) is 11.4 Å². The summed E-state index contributed by atoms with van der Waals surface area (Å²) in [4.78, 5) is 36.8. The number of rotatable bonds is 6. The van der Waals surface area contributed by atoms with E-state index in [9.17, 15) is 9.59 Å². The van der Waals surface area contributed by atoms with Crippen LogP contribution in [-0.4, -0.2) is 32.8 Å². The second-order valence-electron chi connectivity index (χ2n) is 7.14. The van der Waals surface area contributed by atoms with E-state index in [1.807, 2.05) is 49.4 Å². The zero-order valence-electron chi connectivity index (χ0n) is 16.4. The molecule has 0 saturated heterocycles. The first kappa shape index (κ1) is 19.3. The standard InChI is InChI=1S/C23H21N5O2/c1-14-5-7-15(8-6-14)13-19(21(24)29)27-23(30)17-3-2-4-18-20(17)28-22(26-18)16-9-11-25-12-10-16/h2-12,19H,13H2,1H3,(H2,24,29)(H,26,28)(H,27,30)/t19-/m0/s1. The van der Waals surface area contributed by atoms with Crippen molar-refractivity contribution in [1.29, 1.82) is 0 Å². The number of para-hydroxylation sites is 1. The van der Waals surface area contributed by atoms with Crippen molar-refractivity contribution in [3.63, 3.8) is 0 Å². The number of imidazole rings is 1. The first-order valence-electron chi connectivity index (χ1n) is 9.56. The molecule has 7 heteroatoms. The van der Waals surface area contributed by atoms with Gasteiger partial charge in [0.1, 0.15) is 17.4 Å². The number of primary amides is 1. The Bertz CT molecular complexity index is 1200. The van der Waals surface area contributed by atoms with Crippen LogP contribution in [0, 0.1) is 6.92 Å². The van der Waals surface area contributed by atoms with Crippen LogP contribution in [0.4, 0.5) is 0 Å². The number of pyridine rings is 1. The number of benzene rings is 2. The van der Waals surface area contributed by atoms with Gasteiger partial charge in [-0.15, -0.1) is 0 Å². The van der Waals surface area contributed by atoms with Crippen molar-refractivity contribution in [2.45, 2.75) is 19.4 Å². The number of nitrogens with two attached hydrogens (primary N) is 1. The summed E-state index contributed by atoms with van der Waals surface area (Å²) in [5.74, 6) is -0.348. The summed E-state index contributed by atoms with van der Waals surface area (Å²) in [7, 11) is 0. The number of carbonyl (C=O) groups is 2. The molecule has 1 atom stereocenters. The molecule has 2 aromatic heterocycles. The second-order valence-corrected chi connectivity index (χ2v) is 7.14. The number of H-pyrrole nitrogens is 1. The Morgan fingerprint density at radius 2 is 1.80 bits per heavy atom. The average Bonchev–Trinajstić information content (AvgIpc) is 3.19. The van der Waals surface area contributed by atoms with Gasteiger partial charge in [0.05, 0.1) is 11.1 Å². The molecule has 2 amide bonds. The fraction of sp³-hybridized carbons (Fsp3) is 0.130. The maximum atomic E-state index is 13.0. The van der Waals surface area contributed by atoms with Gasteiger partial charge in [-0.3, -0.25) is 14.6 Å². The molecule has 4 N–H and O–H groups in total. The summed E-state index contributed by atoms with van der Waals surface area (Å²) in [6, 6.07) is 15.9. The number of nitrogens with zero attached hydrogens (tertiary/aromatic N) is 2. The molecule has 0 aliphatic carbocycles. The van der Waals surface area contributed by atoms with Crippen molar-refractivity contribution in [2.24, 2.45) is 5.73 Å². The molecular formula is C23H21N5O2. The largest absolute Gasteiger partial charge is 0.368 e. The molecule has 0 spiro atoms. The first-order valence-corrected chi connectivity index (χ1v) is 9.56. The van der Waals surface area contributed by atoms with Crippen LogP contribution in [0.2, 0.25) is 0 Å². The minimum Gasteiger partial charge on any atom is -0.368 e. The SMILES string of the molecule is Cc1ccc(C[C@H](NC(=O)c2cccc3[nH]c(-c4ccncc4)nc23)C(N)=O)cc1. The highest BCUT2D eigenvalue weighted by atomic mass is 16.2. The fourth-order valence-electron chi connectivity index (χ4n) is 3.28. The van der Waals surface area contributed by atoms with Crippen LogP contribution in [-0.2, 0) is 11.2 Å². The van der Waals surface area contributed by atoms with Crippen LogP contribution in [0.3, 0.4) is 0 Å². The van der Waals surface area contributed by atoms with Crippen LogP contribution in [0.1, 0.15) is 21.5 Å². The number of hydrogen-bond donors (Lipinski definition) is 3. The van der Waals surface area contributed by atoms with Crippen LogP contribution in [0.5, 0.6) is 0 Å². The van der Waals surface area contributed by atoms with Gasteiger partial charge in [-0.1, -0.05) is 35.9 Å². The van der Waals surface area contributed by atoms with Gasteiger partial charge in [0.2, 0.25) is 5.91 Å². The van der Waals surface area contributed by atoms with Gasteiger partial charge in [-0.05, 0) is 36.8 Å². The van der Waals surface area contributed by atoms with E-state index in [1.54, 1.807) is 24.5 Å². The van der Waals surface area contributed by atoms with Crippen LogP contribution in [0.25, 0.3) is 22.4 Å². The number of carbonyl (C=O) groups excluding carboxylic acids is 2. The molecule has 0 saturated carbocycles. The van der Waals surface area contributed by atoms with Gasteiger partial charge in [0, 0.05) is 24.4 Å². The van der Waals surface area contributed by atoms with E-state index in [2.05, 4.69) is 20.3 Å². The lowest BCUT2D eigenvalue weighted by molar-refractivity contribution is -0.119. The first-order chi connectivity index (χ1) is 14.5. The quantitative estimate of drug-likeness (QED) is 0.462. The third-order valence-corrected chi connectivity index (χ3v) is 4.92. The van der Waals surface area contributed by atoms with Gasteiger partial charge in [-0.25, -0.2) is 4.98 Å². The highest BCUT2D eigenvalue weighted by molar-refractivity contribution is 6.06. The Balaban J connectivity index is 1.60. The van der Waals surface area contributed by atoms with Gasteiger partial charge in [-0.2, -0.15) is 0 Å². The third-order valence-electron chi connectivity index (χ3n) is 4.92. The zero-order valence-corrected chi connectivity index (χ0v) is 16.4. The molecule has 7 nitrogen and oxygen atoms in total. The number of nitrogens with one attached hydrogen (secondary N) is 2. The highest BCUT2D eigenvalue weighted by Gasteiger charge is 2.22. The number of amides is 2. The second kappa shape index (κ2) is 8.16. The molecule has 2 aromatic carbocycles. The highest BCUT2D eigenvalue weighted by Crippen LogP contribution is 2.22. The summed E-state index contributed by atoms with van der Waals surface area (Å²) < 4.78 is 0. The van der Waals surface area contributed by atoms with Crippen molar-refractivity contribution in [1.82, 2.24) is 20.3 Å². The van der Waals surface area contributed by atoms with Crippen LogP contribution < -0.4 is 11.1 Å². The summed E-state index contributed by atoms with van der Waals surface area (Å²) >= 11 is 0. The van der Waals surface area contributed by atoms with Gasteiger partial charge < -0.3 is 16.0 Å². The lowest BCUT2D eigenvalue weighted by Crippen LogP contribution is -2.45. The topological polar surface area (TPSA) is 114 Å². The van der Waals surface area contributed by atoms with Gasteiger partial charge in [0.15, 0.2) is 0 Å². The van der Waals surface area contributed by atoms with Crippen molar-refractivity contribution in [3.05, 3.63) is 83.7 Å². The third kappa shape index (κ3) is 4.05. The summed E-state index contributed by atoms with van der Waals surface area (Å²) in [5.41, 5.74) is 10.1. The number of aromatic nitrogens is 3. The maximum absolute atomic E-state index is 13.0. The van der Waals surface area contributed by atoms with Crippen molar-refractivity contribution < 1.29 is 9.59 Å². The van der Waals surface area contributed by atoms with E-state index in [-0.39, 0.29) is 0 Å². The normalized spacial score (nSPS) is 11.9. The Kier molecular flexibility index (Phi) is 5.26. The van der Waals surface area contributed by atoms with Crippen LogP contribution >= 0.6 is 0 Å². The Morgan fingerprint density at radius 1 is 1.07 bits per heavy atom. The molecule has 4 aromatic rings. The smallest absolute Gasteiger partial charge is 0.254 e. The molecule has 0 fully saturated rings. The van der Waals surface area contributed by atoms with Crippen LogP contribution in [0.15, 0.2) is 67.0 Å². The van der Waals surface area contributed by atoms with E-state index >= 15 is 0 Å². The Labute approximate surface area is 173 Å². The summed E-state index contributed by atoms with van der Waals surface area (Å²) in [5, 5.41) is 2.76. The number of aryl methyl sites for hydroxylation is 1. The lowest BCUT2D eigenvalue weighted by atomic mass is 10.0. The Morgan fingerprint density at radius 3 is 2.50 bits per heavy atom. The minimum atomic E-state index is -0.825. The molecule has 0 radical (unpaired) electrons. The Hall–Kier alpha value is -4.00. The van der Waals surface area contributed by atoms with E-state index in [0.29, 0.717) is 23.3 Å². The fourth-order valence-corrected chi connectivity index (χ4v) is 3.28. The summed E-state index contributed by atoms with van der Waals surface area (Å²) in [6.45, 7) is 1.99. The molecular weight excluding hydrogens is 378 g/mol. The molecule has 0 unspecified atom stereocenters. The molecule has 0 aliphatic heterocycles. The molecule has 0 bridgehead atoms. The monoisotopic (exact) mass is 399 g/mol. The average molecular weight is 399 g/mol. The van der Waals surface area contributed by atoms with Crippen molar-refractivity contribution in [2.75, 3.05) is 0 Å². The van der Waals surface area contributed by atoms with Crippen molar-refractivity contribution >= 4 is 22.8 Å². The predicted octanol–water partition coefficient (Wildman–Crippen LogP) is 2.76. The zero-order chi connectivity index (χ0) is 21.1. The molecule has 4 rings (SSSR count). The number of aromatic amines is 1. The van der Waals surface area contributed by atoms with E-state index in [1.165, 1.54) is 0 Å².